The molecule has 0 aliphatic rings. The predicted molar refractivity (Wildman–Crippen MR) is 121 cm³/mol. The molecule has 9 heteroatoms. The zero-order valence-corrected chi connectivity index (χ0v) is 18.8. The minimum absolute atomic E-state index is 0.0889. The maximum absolute atomic E-state index is 5.95. The molecule has 0 saturated carbocycles. The van der Waals surface area contributed by atoms with E-state index in [0.717, 1.165) is 10.8 Å². The van der Waals surface area contributed by atoms with Crippen LogP contribution in [0.3, 0.4) is 0 Å². The Morgan fingerprint density at radius 3 is 2.16 bits per heavy atom. The van der Waals surface area contributed by atoms with Gasteiger partial charge in [-0.25, -0.2) is 4.99 Å². The molecular formula is C22H32N4O5. The summed E-state index contributed by atoms with van der Waals surface area (Å²) in [7, 11) is 3.24. The maximum Gasteiger partial charge on any atom is 0.223 e. The van der Waals surface area contributed by atoms with Gasteiger partial charge in [0.15, 0.2) is 17.3 Å². The number of ether oxygens (including phenoxy) is 5. The number of pyridine rings is 1. The average Bonchev–Trinajstić information content (AvgIpc) is 2.67. The van der Waals surface area contributed by atoms with Crippen LogP contribution in [-0.4, -0.2) is 57.6 Å². The number of aromatic nitrogens is 1. The van der Waals surface area contributed by atoms with Crippen LogP contribution in [0.25, 0.3) is 10.8 Å². The van der Waals surface area contributed by atoms with Gasteiger partial charge in [0.25, 0.3) is 0 Å². The lowest BCUT2D eigenvalue weighted by Gasteiger charge is -2.17. The van der Waals surface area contributed by atoms with Gasteiger partial charge < -0.3 is 35.2 Å². The van der Waals surface area contributed by atoms with Crippen molar-refractivity contribution in [2.45, 2.75) is 26.9 Å². The Morgan fingerprint density at radius 1 is 1.00 bits per heavy atom. The number of nitrogens with two attached hydrogens (primary N) is 2. The van der Waals surface area contributed by atoms with Crippen molar-refractivity contribution < 1.29 is 23.7 Å². The highest BCUT2D eigenvalue weighted by Crippen LogP contribution is 2.38. The number of amidine groups is 1. The molecule has 0 fully saturated rings. The monoisotopic (exact) mass is 432 g/mol. The van der Waals surface area contributed by atoms with Gasteiger partial charge in [-0.15, -0.1) is 0 Å². The van der Waals surface area contributed by atoms with Gasteiger partial charge >= 0.3 is 0 Å². The van der Waals surface area contributed by atoms with E-state index >= 15 is 0 Å². The van der Waals surface area contributed by atoms with Crippen molar-refractivity contribution in [2.24, 2.45) is 16.5 Å². The molecule has 1 heterocycles. The summed E-state index contributed by atoms with van der Waals surface area (Å²) in [6.45, 7) is 7.24. The number of nitrogens with zero attached hydrogens (tertiary/aromatic N) is 2. The van der Waals surface area contributed by atoms with E-state index in [2.05, 4.69) is 9.98 Å². The molecule has 9 nitrogen and oxygen atoms in total. The number of hydrogen-bond donors (Lipinski definition) is 2. The van der Waals surface area contributed by atoms with Crippen LogP contribution in [0.15, 0.2) is 35.0 Å². The summed E-state index contributed by atoms with van der Waals surface area (Å²) < 4.78 is 27.9. The number of benzene rings is 1. The molecule has 0 saturated heterocycles. The van der Waals surface area contributed by atoms with Crippen molar-refractivity contribution in [3.8, 4) is 17.4 Å². The normalized spacial score (nSPS) is 12.5. The molecule has 0 aliphatic carbocycles. The first-order valence-electron chi connectivity index (χ1n) is 10.0. The molecule has 0 bridgehead atoms. The Hall–Kier alpha value is -3.04. The molecular weight excluding hydrogens is 400 g/mol. The predicted octanol–water partition coefficient (Wildman–Crippen LogP) is 2.92. The zero-order valence-electron chi connectivity index (χ0n) is 18.8. The highest BCUT2D eigenvalue weighted by atomic mass is 16.5. The fourth-order valence-corrected chi connectivity index (χ4v) is 2.68. The summed E-state index contributed by atoms with van der Waals surface area (Å²) in [5.74, 6) is 2.21. The van der Waals surface area contributed by atoms with Crippen molar-refractivity contribution in [1.82, 2.24) is 4.98 Å². The van der Waals surface area contributed by atoms with E-state index in [9.17, 15) is 0 Å². The molecule has 0 unspecified atom stereocenters. The molecule has 0 amide bonds. The number of fused-ring (bicyclic) bond motifs is 1. The minimum Gasteiger partial charge on any atom is -0.487 e. The number of allylic oxidation sites excluding steroid dienone is 1. The fraction of sp³-hybridized carbons (Fsp3) is 0.455. The smallest absolute Gasteiger partial charge is 0.223 e. The third-order valence-electron chi connectivity index (χ3n) is 3.90. The second kappa shape index (κ2) is 12.0. The lowest BCUT2D eigenvalue weighted by molar-refractivity contribution is 0.132. The third-order valence-corrected chi connectivity index (χ3v) is 3.90. The molecule has 0 aliphatic heterocycles. The molecule has 170 valence electrons. The molecule has 0 radical (unpaired) electrons. The summed E-state index contributed by atoms with van der Waals surface area (Å²) in [5, 5.41) is 1.58. The van der Waals surface area contributed by atoms with Crippen LogP contribution in [0, 0.1) is 0 Å². The van der Waals surface area contributed by atoms with E-state index in [0.29, 0.717) is 55.3 Å². The molecule has 1 aromatic carbocycles. The number of hydrogen-bond acceptors (Lipinski definition) is 8. The van der Waals surface area contributed by atoms with Crippen LogP contribution in [-0.2, 0) is 9.47 Å². The third kappa shape index (κ3) is 7.62. The van der Waals surface area contributed by atoms with Gasteiger partial charge in [0.2, 0.25) is 5.88 Å². The van der Waals surface area contributed by atoms with Gasteiger partial charge in [0.05, 0.1) is 19.3 Å². The molecule has 31 heavy (non-hydrogen) atoms. The van der Waals surface area contributed by atoms with Gasteiger partial charge in [-0.1, -0.05) is 0 Å². The summed E-state index contributed by atoms with van der Waals surface area (Å²) in [5.41, 5.74) is 12.2. The Kier molecular flexibility index (Phi) is 9.36. The van der Waals surface area contributed by atoms with Crippen LogP contribution in [0.1, 0.15) is 20.8 Å². The Balaban J connectivity index is 2.58. The van der Waals surface area contributed by atoms with E-state index in [-0.39, 0.29) is 11.9 Å². The highest BCUT2D eigenvalue weighted by molar-refractivity contribution is 5.95. The van der Waals surface area contributed by atoms with Crippen molar-refractivity contribution in [2.75, 3.05) is 40.6 Å². The summed E-state index contributed by atoms with van der Waals surface area (Å²) in [6.07, 6.45) is 1.48. The summed E-state index contributed by atoms with van der Waals surface area (Å²) in [6, 6.07) is 5.51. The Morgan fingerprint density at radius 2 is 1.61 bits per heavy atom. The number of rotatable bonds is 12. The van der Waals surface area contributed by atoms with E-state index in [1.165, 1.54) is 0 Å². The van der Waals surface area contributed by atoms with E-state index in [1.54, 1.807) is 33.3 Å². The van der Waals surface area contributed by atoms with Crippen LogP contribution in [0.2, 0.25) is 0 Å². The second-order valence-electron chi connectivity index (χ2n) is 7.08. The molecule has 2 rings (SSSR count). The van der Waals surface area contributed by atoms with Gasteiger partial charge in [-0.05, 0) is 50.4 Å². The van der Waals surface area contributed by atoms with Gasteiger partial charge in [-0.3, -0.25) is 0 Å². The Bertz CT molecular complexity index is 924. The second-order valence-corrected chi connectivity index (χ2v) is 7.08. The maximum atomic E-state index is 5.95. The van der Waals surface area contributed by atoms with Gasteiger partial charge in [0.1, 0.15) is 19.0 Å². The largest absolute Gasteiger partial charge is 0.487 e. The number of aliphatic imine (C=N–C) groups is 1. The topological polar surface area (TPSA) is 123 Å². The van der Waals surface area contributed by atoms with Crippen LogP contribution < -0.4 is 25.7 Å². The molecule has 4 N–H and O–H groups in total. The van der Waals surface area contributed by atoms with Crippen molar-refractivity contribution in [3.63, 3.8) is 0 Å². The quantitative estimate of drug-likeness (QED) is 0.298. The van der Waals surface area contributed by atoms with E-state index in [4.69, 9.17) is 35.2 Å². The highest BCUT2D eigenvalue weighted by Gasteiger charge is 2.15. The van der Waals surface area contributed by atoms with Crippen LogP contribution in [0.4, 0.5) is 5.82 Å². The molecule has 0 spiro atoms. The molecule has 1 aromatic heterocycles. The summed E-state index contributed by atoms with van der Waals surface area (Å²) >= 11 is 0. The number of methoxy groups -OCH3 is 2. The standard InChI is InChI=1S/C22H32N4O5/c1-14(2)31-22-17-13-19(30-9-7-28-5)18(29-8-6-27-4)11-16(17)12-21(26-22)25-20(24)10-15(3)23/h10-14H,6-9,23H2,1-5H3,(H2,24,25,26)/b15-10-. The van der Waals surface area contributed by atoms with Crippen LogP contribution >= 0.6 is 0 Å². The SMILES string of the molecule is COCCOc1cc2cc(/N=C(N)\C=C(\C)N)nc(OC(C)C)c2cc1OCCOC. The van der Waals surface area contributed by atoms with Crippen molar-refractivity contribution in [3.05, 3.63) is 30.0 Å². The van der Waals surface area contributed by atoms with Gasteiger partial charge in [0, 0.05) is 25.3 Å². The fourth-order valence-electron chi connectivity index (χ4n) is 2.68. The van der Waals surface area contributed by atoms with E-state index < -0.39 is 0 Å². The molecule has 0 atom stereocenters. The average molecular weight is 433 g/mol. The zero-order chi connectivity index (χ0) is 22.8. The first-order chi connectivity index (χ1) is 14.8. The molecule has 2 aromatic rings. The van der Waals surface area contributed by atoms with Crippen molar-refractivity contribution in [1.29, 1.82) is 0 Å². The minimum atomic E-state index is -0.0889. The van der Waals surface area contributed by atoms with Crippen LogP contribution in [0.5, 0.6) is 17.4 Å². The first kappa shape index (κ1) is 24.2. The first-order valence-corrected chi connectivity index (χ1v) is 10.0. The van der Waals surface area contributed by atoms with E-state index in [1.807, 2.05) is 26.0 Å². The van der Waals surface area contributed by atoms with Crippen molar-refractivity contribution >= 4 is 22.4 Å². The summed E-state index contributed by atoms with van der Waals surface area (Å²) in [4.78, 5) is 8.87. The Labute approximate surface area is 183 Å². The lowest BCUT2D eigenvalue weighted by atomic mass is 10.1. The lowest BCUT2D eigenvalue weighted by Crippen LogP contribution is -2.11. The van der Waals surface area contributed by atoms with Gasteiger partial charge in [-0.2, -0.15) is 4.98 Å².